The zero-order valence-electron chi connectivity index (χ0n) is 14.2. The number of ether oxygens (including phenoxy) is 4. The quantitative estimate of drug-likeness (QED) is 0.922. The number of nitrogens with two attached hydrogens (primary N) is 1. The van der Waals surface area contributed by atoms with E-state index < -0.39 is 5.92 Å². The molecule has 1 aliphatic heterocycles. The number of nitriles is 1. The molecule has 25 heavy (non-hydrogen) atoms. The zero-order chi connectivity index (χ0) is 18.0. The maximum atomic E-state index is 9.64. The van der Waals surface area contributed by atoms with Crippen LogP contribution in [0.1, 0.15) is 17.0 Å². The molecule has 6 heteroatoms. The van der Waals surface area contributed by atoms with Gasteiger partial charge in [-0.05, 0) is 12.1 Å². The Hall–Kier alpha value is -3.33. The van der Waals surface area contributed by atoms with Gasteiger partial charge in [0.25, 0.3) is 0 Å². The van der Waals surface area contributed by atoms with Crippen molar-refractivity contribution in [2.75, 3.05) is 21.3 Å². The second-order valence-corrected chi connectivity index (χ2v) is 5.41. The summed E-state index contributed by atoms with van der Waals surface area (Å²) in [6, 6.07) is 13.1. The van der Waals surface area contributed by atoms with Gasteiger partial charge in [0.1, 0.15) is 23.1 Å². The number of allylic oxidation sites excluding steroid dienone is 1. The first-order valence-electron chi connectivity index (χ1n) is 7.61. The third kappa shape index (κ3) is 2.70. The number of rotatable bonds is 4. The largest absolute Gasteiger partial charge is 0.497 e. The zero-order valence-corrected chi connectivity index (χ0v) is 14.2. The van der Waals surface area contributed by atoms with Crippen molar-refractivity contribution >= 4 is 0 Å². The van der Waals surface area contributed by atoms with Crippen molar-refractivity contribution in [1.82, 2.24) is 0 Å². The van der Waals surface area contributed by atoms with Gasteiger partial charge in [0.2, 0.25) is 5.88 Å². The molecule has 6 nitrogen and oxygen atoms in total. The molecule has 0 spiro atoms. The summed E-state index contributed by atoms with van der Waals surface area (Å²) in [7, 11) is 4.71. The van der Waals surface area contributed by atoms with E-state index in [1.807, 2.05) is 24.3 Å². The predicted octanol–water partition coefficient (Wildman–Crippen LogP) is 2.93. The Labute approximate surface area is 146 Å². The number of para-hydroxylation sites is 1. The van der Waals surface area contributed by atoms with Gasteiger partial charge in [0, 0.05) is 17.2 Å². The van der Waals surface area contributed by atoms with Crippen molar-refractivity contribution in [2.24, 2.45) is 5.73 Å². The van der Waals surface area contributed by atoms with Crippen molar-refractivity contribution in [3.8, 4) is 29.1 Å². The normalized spacial score (nSPS) is 15.7. The lowest BCUT2D eigenvalue weighted by atomic mass is 9.83. The standard InChI is InChI=1S/C19H18N2O4/c1-22-11-7-8-12-16(9-11)25-19(21)14(10-20)17(12)13-5-4-6-15(23-2)18(13)24-3/h4-9,17H,21H2,1-3H3. The molecule has 0 aromatic heterocycles. The molecule has 2 aromatic rings. The maximum Gasteiger partial charge on any atom is 0.205 e. The van der Waals surface area contributed by atoms with Crippen LogP contribution >= 0.6 is 0 Å². The minimum atomic E-state index is -0.426. The topological polar surface area (TPSA) is 86.7 Å². The molecule has 1 aliphatic rings. The second kappa shape index (κ2) is 6.65. The molecular weight excluding hydrogens is 320 g/mol. The molecule has 0 bridgehead atoms. The highest BCUT2D eigenvalue weighted by molar-refractivity contribution is 5.61. The predicted molar refractivity (Wildman–Crippen MR) is 91.8 cm³/mol. The summed E-state index contributed by atoms with van der Waals surface area (Å²) in [5.74, 6) is 1.97. The van der Waals surface area contributed by atoms with Crippen molar-refractivity contribution < 1.29 is 18.9 Å². The molecule has 3 rings (SSSR count). The van der Waals surface area contributed by atoms with Gasteiger partial charge >= 0.3 is 0 Å². The third-order valence-electron chi connectivity index (χ3n) is 4.17. The highest BCUT2D eigenvalue weighted by Gasteiger charge is 2.33. The molecular formula is C19H18N2O4. The first kappa shape index (κ1) is 16.5. The molecule has 0 amide bonds. The molecule has 0 radical (unpaired) electrons. The highest BCUT2D eigenvalue weighted by atomic mass is 16.5. The van der Waals surface area contributed by atoms with Crippen LogP contribution in [-0.2, 0) is 0 Å². The number of hydrogen-bond donors (Lipinski definition) is 1. The molecule has 1 unspecified atom stereocenters. The fourth-order valence-corrected chi connectivity index (χ4v) is 3.02. The van der Waals surface area contributed by atoms with Crippen LogP contribution in [0.25, 0.3) is 0 Å². The van der Waals surface area contributed by atoms with Crippen LogP contribution in [0.3, 0.4) is 0 Å². The lowest BCUT2D eigenvalue weighted by molar-refractivity contribution is 0.348. The molecule has 0 saturated carbocycles. The Morgan fingerprint density at radius 1 is 1.04 bits per heavy atom. The van der Waals surface area contributed by atoms with Gasteiger partial charge in [-0.3, -0.25) is 0 Å². The lowest BCUT2D eigenvalue weighted by Gasteiger charge is -2.28. The van der Waals surface area contributed by atoms with Crippen molar-refractivity contribution in [3.63, 3.8) is 0 Å². The maximum absolute atomic E-state index is 9.64. The summed E-state index contributed by atoms with van der Waals surface area (Å²) >= 11 is 0. The van der Waals surface area contributed by atoms with E-state index in [-0.39, 0.29) is 5.88 Å². The van der Waals surface area contributed by atoms with Crippen molar-refractivity contribution in [1.29, 1.82) is 5.26 Å². The van der Waals surface area contributed by atoms with E-state index in [0.29, 0.717) is 28.6 Å². The summed E-state index contributed by atoms with van der Waals surface area (Å²) in [4.78, 5) is 0. The molecule has 2 N–H and O–H groups in total. The van der Waals surface area contributed by atoms with Crippen LogP contribution in [0.4, 0.5) is 0 Å². The number of methoxy groups -OCH3 is 3. The summed E-state index contributed by atoms with van der Waals surface area (Å²) in [6.45, 7) is 0. The van der Waals surface area contributed by atoms with Crippen LogP contribution in [0.2, 0.25) is 0 Å². The van der Waals surface area contributed by atoms with Gasteiger partial charge in [0.05, 0.1) is 27.2 Å². The molecule has 0 saturated heterocycles. The Bertz CT molecular complexity index is 883. The average Bonchev–Trinajstić information content (AvgIpc) is 2.65. The van der Waals surface area contributed by atoms with Gasteiger partial charge in [-0.15, -0.1) is 0 Å². The lowest BCUT2D eigenvalue weighted by Crippen LogP contribution is -2.21. The highest BCUT2D eigenvalue weighted by Crippen LogP contribution is 2.47. The number of nitrogens with zero attached hydrogens (tertiary/aromatic N) is 1. The Morgan fingerprint density at radius 3 is 2.48 bits per heavy atom. The second-order valence-electron chi connectivity index (χ2n) is 5.41. The van der Waals surface area contributed by atoms with Gasteiger partial charge < -0.3 is 24.7 Å². The number of benzene rings is 2. The number of hydrogen-bond acceptors (Lipinski definition) is 6. The first-order chi connectivity index (χ1) is 12.1. The van der Waals surface area contributed by atoms with Crippen molar-refractivity contribution in [2.45, 2.75) is 5.92 Å². The van der Waals surface area contributed by atoms with Crippen molar-refractivity contribution in [3.05, 3.63) is 59.0 Å². The smallest absolute Gasteiger partial charge is 0.205 e. The monoisotopic (exact) mass is 338 g/mol. The SMILES string of the molecule is COc1ccc2c(c1)OC(N)=C(C#N)C2c1cccc(OC)c1OC. The summed E-state index contributed by atoms with van der Waals surface area (Å²) in [5, 5.41) is 9.64. The molecule has 0 aliphatic carbocycles. The summed E-state index contributed by atoms with van der Waals surface area (Å²) in [5.41, 5.74) is 7.91. The molecule has 1 atom stereocenters. The van der Waals surface area contributed by atoms with E-state index in [4.69, 9.17) is 24.7 Å². The van der Waals surface area contributed by atoms with Crippen LogP contribution in [0.5, 0.6) is 23.0 Å². The van der Waals surface area contributed by atoms with Crippen LogP contribution in [0.15, 0.2) is 47.9 Å². The third-order valence-corrected chi connectivity index (χ3v) is 4.17. The molecule has 128 valence electrons. The fraction of sp³-hybridized carbons (Fsp3) is 0.211. The van der Waals surface area contributed by atoms with E-state index in [2.05, 4.69) is 6.07 Å². The Kier molecular flexibility index (Phi) is 4.40. The number of fused-ring (bicyclic) bond motifs is 1. The van der Waals surface area contributed by atoms with E-state index >= 15 is 0 Å². The van der Waals surface area contributed by atoms with Crippen LogP contribution in [-0.4, -0.2) is 21.3 Å². The van der Waals surface area contributed by atoms with E-state index in [0.717, 1.165) is 11.1 Å². The van der Waals surface area contributed by atoms with E-state index in [1.165, 1.54) is 0 Å². The van der Waals surface area contributed by atoms with Gasteiger partial charge in [-0.25, -0.2) is 0 Å². The van der Waals surface area contributed by atoms with Gasteiger partial charge in [0.15, 0.2) is 11.5 Å². The van der Waals surface area contributed by atoms with Gasteiger partial charge in [-0.1, -0.05) is 18.2 Å². The molecule has 1 heterocycles. The Morgan fingerprint density at radius 2 is 1.84 bits per heavy atom. The van der Waals surface area contributed by atoms with E-state index in [1.54, 1.807) is 33.5 Å². The fourth-order valence-electron chi connectivity index (χ4n) is 3.02. The minimum Gasteiger partial charge on any atom is -0.497 e. The average molecular weight is 338 g/mol. The van der Waals surface area contributed by atoms with Crippen LogP contribution in [0, 0.1) is 11.3 Å². The Balaban J connectivity index is 2.26. The van der Waals surface area contributed by atoms with Gasteiger partial charge in [-0.2, -0.15) is 5.26 Å². The molecule has 0 fully saturated rings. The molecule has 2 aromatic carbocycles. The summed E-state index contributed by atoms with van der Waals surface area (Å²) in [6.07, 6.45) is 0. The minimum absolute atomic E-state index is 0.0677. The summed E-state index contributed by atoms with van der Waals surface area (Å²) < 4.78 is 21.8. The van der Waals surface area contributed by atoms with E-state index in [9.17, 15) is 5.26 Å². The first-order valence-corrected chi connectivity index (χ1v) is 7.61. The van der Waals surface area contributed by atoms with Crippen LogP contribution < -0.4 is 24.7 Å².